The van der Waals surface area contributed by atoms with Crippen molar-refractivity contribution in [2.75, 3.05) is 7.11 Å². The molecule has 1 rings (SSSR count). The highest BCUT2D eigenvalue weighted by atomic mass is 19.1. The molecule has 0 aliphatic heterocycles. The zero-order valence-electron chi connectivity index (χ0n) is 8.04. The highest BCUT2D eigenvalue weighted by Gasteiger charge is 2.06. The average Bonchev–Trinajstić information content (AvgIpc) is 2.09. The number of rotatable bonds is 2. The molecule has 1 aromatic carbocycles. The van der Waals surface area contributed by atoms with Crippen molar-refractivity contribution >= 4 is 11.6 Å². The van der Waals surface area contributed by atoms with E-state index >= 15 is 0 Å². The lowest BCUT2D eigenvalue weighted by molar-refractivity contribution is 0.386. The minimum Gasteiger partial charge on any atom is -0.494 e. The van der Waals surface area contributed by atoms with Crippen LogP contribution in [0, 0.1) is 12.7 Å². The van der Waals surface area contributed by atoms with Gasteiger partial charge in [-0.1, -0.05) is 0 Å². The van der Waals surface area contributed by atoms with Gasteiger partial charge in [-0.2, -0.15) is 0 Å². The topological polar surface area (TPSA) is 73.6 Å². The Kier molecular flexibility index (Phi) is 2.91. The summed E-state index contributed by atoms with van der Waals surface area (Å²) >= 11 is 0. The van der Waals surface area contributed by atoms with Gasteiger partial charge in [0.25, 0.3) is 0 Å². The maximum atomic E-state index is 13.1. The SMILES string of the molecule is COc1cc(N=C(N)N)c(C)cc1F. The summed E-state index contributed by atoms with van der Waals surface area (Å²) in [5.41, 5.74) is 11.6. The number of halogens is 1. The van der Waals surface area contributed by atoms with Crippen LogP contribution in [0.5, 0.6) is 5.75 Å². The number of guanidine groups is 1. The van der Waals surface area contributed by atoms with Crippen LogP contribution in [-0.2, 0) is 0 Å². The van der Waals surface area contributed by atoms with Crippen molar-refractivity contribution in [1.82, 2.24) is 0 Å². The summed E-state index contributed by atoms with van der Waals surface area (Å²) in [6, 6.07) is 2.77. The maximum absolute atomic E-state index is 13.1. The lowest BCUT2D eigenvalue weighted by atomic mass is 10.2. The Balaban J connectivity index is 3.24. The molecule has 0 spiro atoms. The molecular formula is C9H12FN3O. The second-order valence-electron chi connectivity index (χ2n) is 2.81. The molecule has 0 aliphatic rings. The van der Waals surface area contributed by atoms with Gasteiger partial charge in [0, 0.05) is 6.07 Å². The summed E-state index contributed by atoms with van der Waals surface area (Å²) in [5, 5.41) is 0. The Morgan fingerprint density at radius 3 is 2.57 bits per heavy atom. The second kappa shape index (κ2) is 3.95. The predicted octanol–water partition coefficient (Wildman–Crippen LogP) is 1.05. The van der Waals surface area contributed by atoms with Crippen molar-refractivity contribution in [3.05, 3.63) is 23.5 Å². The van der Waals surface area contributed by atoms with Gasteiger partial charge in [0.1, 0.15) is 0 Å². The van der Waals surface area contributed by atoms with Crippen LogP contribution < -0.4 is 16.2 Å². The molecule has 1 aromatic rings. The molecular weight excluding hydrogens is 185 g/mol. The van der Waals surface area contributed by atoms with Crippen molar-refractivity contribution in [3.63, 3.8) is 0 Å². The van der Waals surface area contributed by atoms with E-state index in [0.29, 0.717) is 11.3 Å². The minimum absolute atomic E-state index is 0.0678. The number of hydrogen-bond donors (Lipinski definition) is 2. The molecule has 0 heterocycles. The average molecular weight is 197 g/mol. The molecule has 0 atom stereocenters. The molecule has 0 saturated carbocycles. The van der Waals surface area contributed by atoms with Crippen LogP contribution in [0.4, 0.5) is 10.1 Å². The predicted molar refractivity (Wildman–Crippen MR) is 53.2 cm³/mol. The lowest BCUT2D eigenvalue weighted by Gasteiger charge is -2.05. The number of nitrogens with zero attached hydrogens (tertiary/aromatic N) is 1. The Morgan fingerprint density at radius 1 is 1.43 bits per heavy atom. The number of ether oxygens (including phenoxy) is 1. The van der Waals surface area contributed by atoms with Gasteiger partial charge in [-0.05, 0) is 18.6 Å². The van der Waals surface area contributed by atoms with Gasteiger partial charge in [0.15, 0.2) is 17.5 Å². The van der Waals surface area contributed by atoms with Crippen molar-refractivity contribution in [1.29, 1.82) is 0 Å². The molecule has 0 bridgehead atoms. The first-order valence-electron chi connectivity index (χ1n) is 3.98. The number of methoxy groups -OCH3 is 1. The summed E-state index contributed by atoms with van der Waals surface area (Å²) in [4.78, 5) is 3.83. The van der Waals surface area contributed by atoms with E-state index in [1.807, 2.05) is 0 Å². The van der Waals surface area contributed by atoms with Crippen LogP contribution in [0.1, 0.15) is 5.56 Å². The third-order valence-corrected chi connectivity index (χ3v) is 1.72. The highest BCUT2D eigenvalue weighted by molar-refractivity contribution is 5.79. The fourth-order valence-electron chi connectivity index (χ4n) is 1.06. The first-order valence-corrected chi connectivity index (χ1v) is 3.98. The van der Waals surface area contributed by atoms with E-state index in [0.717, 1.165) is 0 Å². The van der Waals surface area contributed by atoms with E-state index in [1.54, 1.807) is 6.92 Å². The Morgan fingerprint density at radius 2 is 2.07 bits per heavy atom. The van der Waals surface area contributed by atoms with Crippen LogP contribution >= 0.6 is 0 Å². The van der Waals surface area contributed by atoms with Gasteiger partial charge >= 0.3 is 0 Å². The van der Waals surface area contributed by atoms with Gasteiger partial charge < -0.3 is 16.2 Å². The first kappa shape index (κ1) is 10.3. The van der Waals surface area contributed by atoms with Crippen LogP contribution in [0.2, 0.25) is 0 Å². The summed E-state index contributed by atoms with van der Waals surface area (Å²) in [7, 11) is 1.38. The largest absolute Gasteiger partial charge is 0.494 e. The number of aryl methyl sites for hydroxylation is 1. The molecule has 5 heteroatoms. The van der Waals surface area contributed by atoms with E-state index in [-0.39, 0.29) is 11.7 Å². The molecule has 0 unspecified atom stereocenters. The zero-order valence-corrected chi connectivity index (χ0v) is 8.04. The number of benzene rings is 1. The summed E-state index contributed by atoms with van der Waals surface area (Å²) in [6.45, 7) is 1.71. The lowest BCUT2D eigenvalue weighted by Crippen LogP contribution is -2.22. The van der Waals surface area contributed by atoms with E-state index in [1.165, 1.54) is 19.2 Å². The van der Waals surface area contributed by atoms with Gasteiger partial charge in [-0.15, -0.1) is 0 Å². The van der Waals surface area contributed by atoms with Crippen LogP contribution in [0.3, 0.4) is 0 Å². The Hall–Kier alpha value is -1.78. The maximum Gasteiger partial charge on any atom is 0.191 e. The fraction of sp³-hybridized carbons (Fsp3) is 0.222. The van der Waals surface area contributed by atoms with Crippen LogP contribution in [0.15, 0.2) is 17.1 Å². The van der Waals surface area contributed by atoms with Gasteiger partial charge in [0.2, 0.25) is 0 Å². The zero-order chi connectivity index (χ0) is 10.7. The Labute approximate surface area is 81.4 Å². The molecule has 76 valence electrons. The quantitative estimate of drug-likeness (QED) is 0.549. The van der Waals surface area contributed by atoms with Gasteiger partial charge in [-0.25, -0.2) is 9.38 Å². The van der Waals surface area contributed by atoms with E-state index in [2.05, 4.69) is 4.99 Å². The van der Waals surface area contributed by atoms with Gasteiger partial charge in [0.05, 0.1) is 12.8 Å². The molecule has 0 amide bonds. The van der Waals surface area contributed by atoms with Crippen molar-refractivity contribution in [2.45, 2.75) is 6.92 Å². The molecule has 0 radical (unpaired) electrons. The summed E-state index contributed by atoms with van der Waals surface area (Å²) in [6.07, 6.45) is 0. The minimum atomic E-state index is -0.431. The van der Waals surface area contributed by atoms with E-state index in [9.17, 15) is 4.39 Å². The molecule has 0 fully saturated rings. The Bertz CT molecular complexity index is 373. The molecule has 4 N–H and O–H groups in total. The van der Waals surface area contributed by atoms with Gasteiger partial charge in [-0.3, -0.25) is 0 Å². The monoisotopic (exact) mass is 197 g/mol. The molecule has 0 aliphatic carbocycles. The molecule has 4 nitrogen and oxygen atoms in total. The molecule has 0 aromatic heterocycles. The fourth-order valence-corrected chi connectivity index (χ4v) is 1.06. The highest BCUT2D eigenvalue weighted by Crippen LogP contribution is 2.27. The number of hydrogen-bond acceptors (Lipinski definition) is 2. The second-order valence-corrected chi connectivity index (χ2v) is 2.81. The van der Waals surface area contributed by atoms with Crippen LogP contribution in [0.25, 0.3) is 0 Å². The summed E-state index contributed by atoms with van der Waals surface area (Å²) < 4.78 is 17.9. The molecule has 14 heavy (non-hydrogen) atoms. The number of nitrogens with two attached hydrogens (primary N) is 2. The van der Waals surface area contributed by atoms with E-state index < -0.39 is 5.82 Å². The third kappa shape index (κ3) is 2.12. The van der Waals surface area contributed by atoms with Crippen molar-refractivity contribution < 1.29 is 9.13 Å². The molecule has 0 saturated heterocycles. The normalized spacial score (nSPS) is 9.64. The van der Waals surface area contributed by atoms with Crippen molar-refractivity contribution in [3.8, 4) is 5.75 Å². The smallest absolute Gasteiger partial charge is 0.191 e. The third-order valence-electron chi connectivity index (χ3n) is 1.72. The number of aliphatic imine (C=N–C) groups is 1. The van der Waals surface area contributed by atoms with Crippen LogP contribution in [-0.4, -0.2) is 13.1 Å². The standard InChI is InChI=1S/C9H12FN3O/c1-5-3-6(10)8(14-2)4-7(5)13-9(11)12/h3-4H,1-2H3,(H4,11,12,13). The first-order chi connectivity index (χ1) is 6.54. The van der Waals surface area contributed by atoms with E-state index in [4.69, 9.17) is 16.2 Å². The van der Waals surface area contributed by atoms with Crippen molar-refractivity contribution in [2.24, 2.45) is 16.5 Å². The summed E-state index contributed by atoms with van der Waals surface area (Å²) in [5.74, 6) is -0.378.